The number of carbonyl (C=O) groups excluding carboxylic acids is 2. The quantitative estimate of drug-likeness (QED) is 0.424. The number of nitrogens with one attached hydrogen (secondary N) is 1. The van der Waals surface area contributed by atoms with E-state index in [9.17, 15) is 14.7 Å². The number of aliphatic hydroxyl groups is 1. The summed E-state index contributed by atoms with van der Waals surface area (Å²) in [5.74, 6) is -0.422. The van der Waals surface area contributed by atoms with E-state index in [1.807, 2.05) is 0 Å². The first kappa shape index (κ1) is 24.7. The normalized spacial score (nSPS) is 13.2. The Morgan fingerprint density at radius 3 is 2.65 bits per heavy atom. The number of ether oxygens (including phenoxy) is 2. The number of rotatable bonds is 8. The second-order valence-electron chi connectivity index (χ2n) is 7.53. The maximum atomic E-state index is 12.4. The standard InChI is InChI=1S/C21H24Cl2N2O6/c1-5-9-30-20(28)25-14(11-15(26)31-21(2,3)4)18(27)16-13(22)7-6-12(17(16)23)19-24-8-10-29-19/h5-8,10,14,18,27H,1,9,11H2,2-4H3,(H,25,28)/t14-,18?/m0/s1. The number of benzene rings is 1. The van der Waals surface area contributed by atoms with Gasteiger partial charge in [-0.2, -0.15) is 0 Å². The van der Waals surface area contributed by atoms with Crippen LogP contribution in [0, 0.1) is 0 Å². The van der Waals surface area contributed by atoms with Gasteiger partial charge in [0.25, 0.3) is 0 Å². The summed E-state index contributed by atoms with van der Waals surface area (Å²) >= 11 is 12.8. The molecule has 1 unspecified atom stereocenters. The maximum absolute atomic E-state index is 12.4. The number of aliphatic hydroxyl groups excluding tert-OH is 1. The molecule has 0 saturated heterocycles. The third kappa shape index (κ3) is 6.99. The minimum atomic E-state index is -1.47. The Hall–Kier alpha value is -2.55. The Bertz CT molecular complexity index is 925. The molecule has 10 heteroatoms. The predicted octanol–water partition coefficient (Wildman–Crippen LogP) is 4.69. The number of nitrogens with zero attached hydrogens (tertiary/aromatic N) is 1. The van der Waals surface area contributed by atoms with Gasteiger partial charge in [-0.05, 0) is 32.9 Å². The van der Waals surface area contributed by atoms with Crippen LogP contribution in [0.2, 0.25) is 10.0 Å². The van der Waals surface area contributed by atoms with E-state index in [1.54, 1.807) is 26.8 Å². The van der Waals surface area contributed by atoms with Gasteiger partial charge in [0.2, 0.25) is 5.89 Å². The second-order valence-corrected chi connectivity index (χ2v) is 8.32. The van der Waals surface area contributed by atoms with Gasteiger partial charge in [0.05, 0.1) is 29.2 Å². The lowest BCUT2D eigenvalue weighted by atomic mass is 9.97. The van der Waals surface area contributed by atoms with Crippen molar-refractivity contribution in [2.75, 3.05) is 6.61 Å². The van der Waals surface area contributed by atoms with Crippen LogP contribution in [0.15, 0.2) is 41.7 Å². The second kappa shape index (κ2) is 10.7. The van der Waals surface area contributed by atoms with E-state index < -0.39 is 29.8 Å². The van der Waals surface area contributed by atoms with Crippen molar-refractivity contribution in [3.05, 3.63) is 52.9 Å². The maximum Gasteiger partial charge on any atom is 0.407 e. The molecule has 168 valence electrons. The lowest BCUT2D eigenvalue weighted by Gasteiger charge is -2.27. The first-order valence-electron chi connectivity index (χ1n) is 9.35. The number of esters is 1. The monoisotopic (exact) mass is 470 g/mol. The van der Waals surface area contributed by atoms with Crippen molar-refractivity contribution in [2.45, 2.75) is 44.9 Å². The summed E-state index contributed by atoms with van der Waals surface area (Å²) in [6, 6.07) is 1.94. The molecule has 2 aromatic rings. The molecule has 1 aromatic carbocycles. The Balaban J connectivity index is 2.38. The molecular weight excluding hydrogens is 447 g/mol. The molecule has 0 radical (unpaired) electrons. The van der Waals surface area contributed by atoms with Crippen LogP contribution in [0.25, 0.3) is 11.5 Å². The average molecular weight is 471 g/mol. The Labute approximate surface area is 190 Å². The van der Waals surface area contributed by atoms with Crippen molar-refractivity contribution in [1.82, 2.24) is 10.3 Å². The summed E-state index contributed by atoms with van der Waals surface area (Å²) in [6.07, 6.45) is 1.50. The van der Waals surface area contributed by atoms with Crippen molar-refractivity contribution in [3.63, 3.8) is 0 Å². The van der Waals surface area contributed by atoms with Gasteiger partial charge in [-0.1, -0.05) is 35.9 Å². The first-order valence-corrected chi connectivity index (χ1v) is 10.1. The zero-order valence-electron chi connectivity index (χ0n) is 17.4. The largest absolute Gasteiger partial charge is 0.460 e. The number of alkyl carbamates (subject to hydrolysis) is 1. The van der Waals surface area contributed by atoms with E-state index in [-0.39, 0.29) is 34.5 Å². The van der Waals surface area contributed by atoms with E-state index >= 15 is 0 Å². The fraction of sp³-hybridized carbons (Fsp3) is 0.381. The van der Waals surface area contributed by atoms with Gasteiger partial charge >= 0.3 is 12.1 Å². The molecule has 0 bridgehead atoms. The van der Waals surface area contributed by atoms with Gasteiger partial charge in [0.15, 0.2) is 0 Å². The van der Waals surface area contributed by atoms with Gasteiger partial charge in [-0.15, -0.1) is 0 Å². The summed E-state index contributed by atoms with van der Waals surface area (Å²) in [7, 11) is 0. The van der Waals surface area contributed by atoms with Crippen molar-refractivity contribution in [2.24, 2.45) is 0 Å². The molecule has 8 nitrogen and oxygen atoms in total. The van der Waals surface area contributed by atoms with Crippen LogP contribution in [0.5, 0.6) is 0 Å². The third-order valence-corrected chi connectivity index (χ3v) is 4.65. The van der Waals surface area contributed by atoms with Crippen molar-refractivity contribution in [1.29, 1.82) is 0 Å². The number of aromatic nitrogens is 1. The summed E-state index contributed by atoms with van der Waals surface area (Å²) in [4.78, 5) is 28.5. The van der Waals surface area contributed by atoms with Crippen molar-refractivity contribution >= 4 is 35.3 Å². The smallest absolute Gasteiger partial charge is 0.407 e. The van der Waals surface area contributed by atoms with E-state index in [1.165, 1.54) is 24.6 Å². The topological polar surface area (TPSA) is 111 Å². The molecule has 1 aromatic heterocycles. The number of hydrogen-bond donors (Lipinski definition) is 2. The van der Waals surface area contributed by atoms with E-state index in [0.717, 1.165) is 0 Å². The van der Waals surface area contributed by atoms with E-state index in [0.29, 0.717) is 5.56 Å². The minimum Gasteiger partial charge on any atom is -0.460 e. The zero-order chi connectivity index (χ0) is 23.2. The molecule has 0 aliphatic heterocycles. The molecule has 0 fully saturated rings. The highest BCUT2D eigenvalue weighted by Gasteiger charge is 2.32. The molecule has 0 aliphatic rings. The Morgan fingerprint density at radius 2 is 2.06 bits per heavy atom. The average Bonchev–Trinajstić information content (AvgIpc) is 3.18. The zero-order valence-corrected chi connectivity index (χ0v) is 18.9. The van der Waals surface area contributed by atoms with Crippen LogP contribution in [0.3, 0.4) is 0 Å². The summed E-state index contributed by atoms with van der Waals surface area (Å²) in [6.45, 7) is 8.52. The molecule has 2 N–H and O–H groups in total. The number of hydrogen-bond acceptors (Lipinski definition) is 7. The van der Waals surface area contributed by atoms with Gasteiger partial charge < -0.3 is 24.3 Å². The minimum absolute atomic E-state index is 0.0533. The Kier molecular flexibility index (Phi) is 8.50. The van der Waals surface area contributed by atoms with E-state index in [2.05, 4.69) is 16.9 Å². The van der Waals surface area contributed by atoms with Crippen LogP contribution >= 0.6 is 23.2 Å². The predicted molar refractivity (Wildman–Crippen MR) is 116 cm³/mol. The molecule has 0 spiro atoms. The third-order valence-electron chi connectivity index (χ3n) is 3.91. The summed E-state index contributed by atoms with van der Waals surface area (Å²) < 4.78 is 15.5. The molecule has 1 heterocycles. The molecular formula is C21H24Cl2N2O6. The lowest BCUT2D eigenvalue weighted by molar-refractivity contribution is -0.156. The highest BCUT2D eigenvalue weighted by Crippen LogP contribution is 2.39. The fourth-order valence-corrected chi connectivity index (χ4v) is 3.37. The number of amides is 1. The van der Waals surface area contributed by atoms with Crippen LogP contribution in [0.4, 0.5) is 4.79 Å². The fourth-order valence-electron chi connectivity index (χ4n) is 2.70. The number of oxazole rings is 1. The SMILES string of the molecule is C=CCOC(=O)N[C@@H](CC(=O)OC(C)(C)C)C(O)c1c(Cl)ccc(-c2ncco2)c1Cl. The van der Waals surface area contributed by atoms with Crippen molar-refractivity contribution < 1.29 is 28.6 Å². The first-order chi connectivity index (χ1) is 14.5. The molecule has 1 amide bonds. The summed E-state index contributed by atoms with van der Waals surface area (Å²) in [5, 5.41) is 13.7. The molecule has 0 aliphatic carbocycles. The molecule has 31 heavy (non-hydrogen) atoms. The van der Waals surface area contributed by atoms with Crippen LogP contribution in [-0.2, 0) is 14.3 Å². The lowest BCUT2D eigenvalue weighted by Crippen LogP contribution is -2.42. The van der Waals surface area contributed by atoms with Crippen molar-refractivity contribution in [3.8, 4) is 11.5 Å². The van der Waals surface area contributed by atoms with Crippen LogP contribution < -0.4 is 5.32 Å². The van der Waals surface area contributed by atoms with Gasteiger partial charge in [-0.25, -0.2) is 9.78 Å². The highest BCUT2D eigenvalue weighted by atomic mass is 35.5. The van der Waals surface area contributed by atoms with Crippen LogP contribution in [0.1, 0.15) is 38.9 Å². The highest BCUT2D eigenvalue weighted by molar-refractivity contribution is 6.37. The molecule has 0 saturated carbocycles. The van der Waals surface area contributed by atoms with Gasteiger partial charge in [-0.3, -0.25) is 4.79 Å². The summed E-state index contributed by atoms with van der Waals surface area (Å²) in [5.41, 5.74) is -0.275. The number of carbonyl (C=O) groups is 2. The van der Waals surface area contributed by atoms with E-state index in [4.69, 9.17) is 37.1 Å². The molecule has 2 atom stereocenters. The Morgan fingerprint density at radius 1 is 1.35 bits per heavy atom. The van der Waals surface area contributed by atoms with Crippen LogP contribution in [-0.4, -0.2) is 40.4 Å². The van der Waals surface area contributed by atoms with Gasteiger partial charge in [0.1, 0.15) is 24.6 Å². The number of halogens is 2. The van der Waals surface area contributed by atoms with Gasteiger partial charge in [0, 0.05) is 10.6 Å². The molecule has 2 rings (SSSR count).